The van der Waals surface area contributed by atoms with Gasteiger partial charge >= 0.3 is 5.97 Å². The summed E-state index contributed by atoms with van der Waals surface area (Å²) in [6, 6.07) is 0.569. The molecule has 1 aromatic rings. The van der Waals surface area contributed by atoms with Crippen molar-refractivity contribution in [2.24, 2.45) is 0 Å². The molecule has 1 fully saturated rings. The Balaban J connectivity index is 2.36. The SMILES string of the molecule is Cc1cnc(N2CCNCC2C(=O)O)cc1[N+](=O)[O-]. The summed E-state index contributed by atoms with van der Waals surface area (Å²) in [5.41, 5.74) is 0.406. The van der Waals surface area contributed by atoms with Gasteiger partial charge in [-0.15, -0.1) is 0 Å². The molecule has 19 heavy (non-hydrogen) atoms. The third-order valence-corrected chi connectivity index (χ3v) is 3.08. The number of pyridine rings is 1. The van der Waals surface area contributed by atoms with E-state index in [1.54, 1.807) is 11.8 Å². The molecule has 8 heteroatoms. The number of nitro groups is 1. The van der Waals surface area contributed by atoms with Gasteiger partial charge in [-0.1, -0.05) is 0 Å². The lowest BCUT2D eigenvalue weighted by Crippen LogP contribution is -2.55. The number of nitrogens with one attached hydrogen (secondary N) is 1. The molecule has 0 amide bonds. The largest absolute Gasteiger partial charge is 0.480 e. The average Bonchev–Trinajstić information content (AvgIpc) is 2.39. The minimum atomic E-state index is -0.975. The molecule has 102 valence electrons. The van der Waals surface area contributed by atoms with Crippen LogP contribution in [-0.2, 0) is 4.79 Å². The van der Waals surface area contributed by atoms with Crippen LogP contribution in [0.2, 0.25) is 0 Å². The first-order valence-corrected chi connectivity index (χ1v) is 5.82. The molecule has 1 unspecified atom stereocenters. The summed E-state index contributed by atoms with van der Waals surface area (Å²) >= 11 is 0. The number of aromatic nitrogens is 1. The summed E-state index contributed by atoms with van der Waals surface area (Å²) in [5, 5.41) is 23.0. The molecule has 2 N–H and O–H groups in total. The van der Waals surface area contributed by atoms with Crippen molar-refractivity contribution in [1.29, 1.82) is 0 Å². The van der Waals surface area contributed by atoms with Crippen molar-refractivity contribution in [3.63, 3.8) is 0 Å². The number of aryl methyl sites for hydroxylation is 1. The fraction of sp³-hybridized carbons (Fsp3) is 0.455. The first kappa shape index (κ1) is 13.2. The second-order valence-electron chi connectivity index (χ2n) is 4.34. The van der Waals surface area contributed by atoms with Crippen molar-refractivity contribution in [3.8, 4) is 0 Å². The normalized spacial score (nSPS) is 19.2. The molecule has 0 saturated carbocycles. The van der Waals surface area contributed by atoms with E-state index in [0.717, 1.165) is 0 Å². The van der Waals surface area contributed by atoms with E-state index < -0.39 is 16.9 Å². The molecule has 0 radical (unpaired) electrons. The molecule has 1 aliphatic heterocycles. The maximum atomic E-state index is 11.2. The van der Waals surface area contributed by atoms with Gasteiger partial charge in [-0.3, -0.25) is 10.1 Å². The second-order valence-corrected chi connectivity index (χ2v) is 4.34. The molecule has 0 bridgehead atoms. The molecular weight excluding hydrogens is 252 g/mol. The van der Waals surface area contributed by atoms with Crippen LogP contribution in [0.15, 0.2) is 12.3 Å². The lowest BCUT2D eigenvalue weighted by Gasteiger charge is -2.34. The second kappa shape index (κ2) is 5.19. The fourth-order valence-corrected chi connectivity index (χ4v) is 2.06. The Labute approximate surface area is 109 Å². The van der Waals surface area contributed by atoms with Crippen LogP contribution in [0.4, 0.5) is 11.5 Å². The van der Waals surface area contributed by atoms with Gasteiger partial charge in [0.05, 0.1) is 11.0 Å². The fourth-order valence-electron chi connectivity index (χ4n) is 2.06. The number of carbonyl (C=O) groups is 1. The molecule has 1 atom stereocenters. The van der Waals surface area contributed by atoms with E-state index in [4.69, 9.17) is 5.11 Å². The van der Waals surface area contributed by atoms with Gasteiger partial charge in [-0.05, 0) is 6.92 Å². The maximum absolute atomic E-state index is 11.2. The zero-order chi connectivity index (χ0) is 14.0. The first-order valence-electron chi connectivity index (χ1n) is 5.82. The molecule has 0 aliphatic carbocycles. The maximum Gasteiger partial charge on any atom is 0.327 e. The standard InChI is InChI=1S/C11H14N4O4/c1-7-5-13-10(4-8(7)15(18)19)14-3-2-12-6-9(14)11(16)17/h4-5,9,12H,2-3,6H2,1H3,(H,16,17). The van der Waals surface area contributed by atoms with Gasteiger partial charge in [0.2, 0.25) is 0 Å². The van der Waals surface area contributed by atoms with E-state index in [1.807, 2.05) is 0 Å². The molecule has 1 aromatic heterocycles. The summed E-state index contributed by atoms with van der Waals surface area (Å²) in [4.78, 5) is 27.3. The predicted octanol–water partition coefficient (Wildman–Crippen LogP) is 0.161. The van der Waals surface area contributed by atoms with Crippen LogP contribution >= 0.6 is 0 Å². The van der Waals surface area contributed by atoms with Crippen LogP contribution in [0, 0.1) is 17.0 Å². The molecule has 2 heterocycles. The Morgan fingerprint density at radius 1 is 1.68 bits per heavy atom. The van der Waals surface area contributed by atoms with Gasteiger partial charge in [-0.25, -0.2) is 9.78 Å². The van der Waals surface area contributed by atoms with Crippen LogP contribution in [0.1, 0.15) is 5.56 Å². The molecule has 1 saturated heterocycles. The van der Waals surface area contributed by atoms with Crippen LogP contribution in [0.5, 0.6) is 0 Å². The van der Waals surface area contributed by atoms with Crippen LogP contribution in [0.3, 0.4) is 0 Å². The number of rotatable bonds is 3. The Hall–Kier alpha value is -2.22. The van der Waals surface area contributed by atoms with Gasteiger partial charge in [0.25, 0.3) is 5.69 Å². The van der Waals surface area contributed by atoms with Gasteiger partial charge in [0, 0.05) is 31.4 Å². The lowest BCUT2D eigenvalue weighted by molar-refractivity contribution is -0.385. The highest BCUT2D eigenvalue weighted by Crippen LogP contribution is 2.24. The van der Waals surface area contributed by atoms with E-state index in [0.29, 0.717) is 31.0 Å². The quantitative estimate of drug-likeness (QED) is 0.592. The third kappa shape index (κ3) is 2.63. The van der Waals surface area contributed by atoms with Crippen molar-refractivity contribution in [2.45, 2.75) is 13.0 Å². The minimum absolute atomic E-state index is 0.0485. The number of aliphatic carboxylic acids is 1. The van der Waals surface area contributed by atoms with E-state index in [-0.39, 0.29) is 5.69 Å². The number of nitrogens with zero attached hydrogens (tertiary/aromatic N) is 3. The Morgan fingerprint density at radius 2 is 2.42 bits per heavy atom. The van der Waals surface area contributed by atoms with Crippen molar-refractivity contribution >= 4 is 17.5 Å². The van der Waals surface area contributed by atoms with Gasteiger partial charge in [-0.2, -0.15) is 0 Å². The van der Waals surface area contributed by atoms with Crippen LogP contribution in [-0.4, -0.2) is 46.7 Å². The molecule has 8 nitrogen and oxygen atoms in total. The third-order valence-electron chi connectivity index (χ3n) is 3.08. The number of carboxylic acid groups (broad SMARTS) is 1. The lowest BCUT2D eigenvalue weighted by atomic mass is 10.1. The van der Waals surface area contributed by atoms with Crippen molar-refractivity contribution in [3.05, 3.63) is 27.9 Å². The first-order chi connectivity index (χ1) is 9.00. The van der Waals surface area contributed by atoms with Crippen molar-refractivity contribution < 1.29 is 14.8 Å². The van der Waals surface area contributed by atoms with Gasteiger partial charge < -0.3 is 15.3 Å². The van der Waals surface area contributed by atoms with Crippen molar-refractivity contribution in [2.75, 3.05) is 24.5 Å². The molecule has 2 rings (SSSR count). The number of hydrogen-bond donors (Lipinski definition) is 2. The number of hydrogen-bond acceptors (Lipinski definition) is 6. The van der Waals surface area contributed by atoms with Crippen molar-refractivity contribution in [1.82, 2.24) is 10.3 Å². The number of piperazine rings is 1. The Kier molecular flexibility index (Phi) is 3.61. The number of carboxylic acids is 1. The summed E-state index contributed by atoms with van der Waals surface area (Å²) < 4.78 is 0. The topological polar surface area (TPSA) is 109 Å². The summed E-state index contributed by atoms with van der Waals surface area (Å²) in [6.45, 7) is 2.96. The van der Waals surface area contributed by atoms with E-state index in [2.05, 4.69) is 10.3 Å². The highest BCUT2D eigenvalue weighted by atomic mass is 16.6. The molecular formula is C11H14N4O4. The van der Waals surface area contributed by atoms with E-state index in [1.165, 1.54) is 12.3 Å². The van der Waals surface area contributed by atoms with Gasteiger partial charge in [0.15, 0.2) is 0 Å². The molecule has 0 aromatic carbocycles. The zero-order valence-corrected chi connectivity index (χ0v) is 10.4. The average molecular weight is 266 g/mol. The zero-order valence-electron chi connectivity index (χ0n) is 10.4. The minimum Gasteiger partial charge on any atom is -0.480 e. The van der Waals surface area contributed by atoms with Crippen LogP contribution < -0.4 is 10.2 Å². The summed E-state index contributed by atoms with van der Waals surface area (Å²) in [6.07, 6.45) is 1.40. The predicted molar refractivity (Wildman–Crippen MR) is 67.3 cm³/mol. The van der Waals surface area contributed by atoms with E-state index in [9.17, 15) is 14.9 Å². The Bertz CT molecular complexity index is 519. The number of anilines is 1. The van der Waals surface area contributed by atoms with Gasteiger partial charge in [0.1, 0.15) is 11.9 Å². The molecule has 1 aliphatic rings. The highest BCUT2D eigenvalue weighted by Gasteiger charge is 2.30. The van der Waals surface area contributed by atoms with E-state index >= 15 is 0 Å². The highest BCUT2D eigenvalue weighted by molar-refractivity contribution is 5.78. The summed E-state index contributed by atoms with van der Waals surface area (Å²) in [5.74, 6) is -0.650. The molecule has 0 spiro atoms. The van der Waals surface area contributed by atoms with Crippen LogP contribution in [0.25, 0.3) is 0 Å². The summed E-state index contributed by atoms with van der Waals surface area (Å²) in [7, 11) is 0. The Morgan fingerprint density at radius 3 is 3.05 bits per heavy atom. The monoisotopic (exact) mass is 266 g/mol. The smallest absolute Gasteiger partial charge is 0.327 e.